The van der Waals surface area contributed by atoms with Crippen molar-refractivity contribution in [2.45, 2.75) is 52.2 Å². The number of rotatable bonds is 10. The molecule has 33 heavy (non-hydrogen) atoms. The zero-order valence-corrected chi connectivity index (χ0v) is 22.4. The first-order valence-corrected chi connectivity index (χ1v) is 15.3. The molecule has 0 aliphatic carbocycles. The molecule has 0 atom stereocenters. The molecule has 7 nitrogen and oxygen atoms in total. The fourth-order valence-corrected chi connectivity index (χ4v) is 4.24. The molecular formula is C23H30BrFN4O3Si. The van der Waals surface area contributed by atoms with Gasteiger partial charge in [-0.15, -0.1) is 5.10 Å². The third-order valence-electron chi connectivity index (χ3n) is 4.97. The number of ether oxygens (including phenoxy) is 3. The van der Waals surface area contributed by atoms with Crippen molar-refractivity contribution in [3.05, 3.63) is 46.6 Å². The fraction of sp³-hybridized carbons (Fsp3) is 0.435. The summed E-state index contributed by atoms with van der Waals surface area (Å²) >= 11 is 3.32. The van der Waals surface area contributed by atoms with E-state index in [0.717, 1.165) is 11.6 Å². The second-order valence-electron chi connectivity index (χ2n) is 9.23. The zero-order valence-electron chi connectivity index (χ0n) is 19.9. The number of hydrogen-bond acceptors (Lipinski definition) is 6. The van der Waals surface area contributed by atoms with Crippen LogP contribution >= 0.6 is 15.9 Å². The average molecular weight is 538 g/mol. The van der Waals surface area contributed by atoms with E-state index in [4.69, 9.17) is 14.2 Å². The zero-order chi connectivity index (χ0) is 24.2. The molecule has 0 amide bonds. The van der Waals surface area contributed by atoms with Crippen molar-refractivity contribution in [1.82, 2.24) is 19.7 Å². The molecule has 0 unspecified atom stereocenters. The van der Waals surface area contributed by atoms with Gasteiger partial charge in [0.2, 0.25) is 10.6 Å². The molecule has 3 rings (SSSR count). The lowest BCUT2D eigenvalue weighted by molar-refractivity contribution is 0.0727. The summed E-state index contributed by atoms with van der Waals surface area (Å²) in [5.41, 5.74) is 2.01. The third kappa shape index (κ3) is 6.84. The Balaban J connectivity index is 1.98. The molecule has 0 fully saturated rings. The summed E-state index contributed by atoms with van der Waals surface area (Å²) in [6, 6.07) is 7.76. The number of methoxy groups -OCH3 is 1. The van der Waals surface area contributed by atoms with Crippen LogP contribution in [0.5, 0.6) is 17.6 Å². The van der Waals surface area contributed by atoms with Crippen LogP contribution in [-0.2, 0) is 11.5 Å². The van der Waals surface area contributed by atoms with Gasteiger partial charge in [-0.05, 0) is 51.7 Å². The minimum absolute atomic E-state index is 0.00555. The van der Waals surface area contributed by atoms with E-state index in [1.807, 2.05) is 13.8 Å². The highest BCUT2D eigenvalue weighted by Gasteiger charge is 2.21. The monoisotopic (exact) mass is 536 g/mol. The highest BCUT2D eigenvalue weighted by Crippen LogP contribution is 2.40. The number of benzene rings is 1. The Bertz CT molecular complexity index is 1100. The Kier molecular flexibility index (Phi) is 8.25. The standard InChI is InChI=1S/C23H30BrFN4O3Si/c1-15(2)18-12-17(25)13-19(16-7-8-26-20(11-16)30-3)21(18)32-23-27-22(24)28-29(23)14-31-9-10-33(4,5)6/h7-8,11-13,15H,9-10,14H2,1-6H3. The number of halogens is 2. The molecule has 0 aliphatic heterocycles. The smallest absolute Gasteiger partial charge is 0.323 e. The number of aromatic nitrogens is 4. The maximum absolute atomic E-state index is 14.6. The van der Waals surface area contributed by atoms with Crippen LogP contribution in [-0.4, -0.2) is 41.5 Å². The predicted octanol–water partition coefficient (Wildman–Crippen LogP) is 6.48. The molecule has 1 aromatic carbocycles. The molecule has 0 saturated heterocycles. The van der Waals surface area contributed by atoms with Gasteiger partial charge in [0.1, 0.15) is 18.3 Å². The summed E-state index contributed by atoms with van der Waals surface area (Å²) in [5, 5.41) is 4.34. The molecular weight excluding hydrogens is 507 g/mol. The molecule has 0 saturated carbocycles. The Morgan fingerprint density at radius 2 is 1.94 bits per heavy atom. The molecule has 2 heterocycles. The largest absolute Gasteiger partial charge is 0.481 e. The molecule has 0 N–H and O–H groups in total. The van der Waals surface area contributed by atoms with Crippen molar-refractivity contribution in [1.29, 1.82) is 0 Å². The van der Waals surface area contributed by atoms with Crippen LogP contribution < -0.4 is 9.47 Å². The van der Waals surface area contributed by atoms with Gasteiger partial charge in [-0.3, -0.25) is 0 Å². The van der Waals surface area contributed by atoms with Crippen molar-refractivity contribution < 1.29 is 18.6 Å². The SMILES string of the molecule is COc1cc(-c2cc(F)cc(C(C)C)c2Oc2nc(Br)nn2COCC[Si](C)(C)C)ccn1. The second kappa shape index (κ2) is 10.7. The predicted molar refractivity (Wildman–Crippen MR) is 132 cm³/mol. The maximum atomic E-state index is 14.6. The van der Waals surface area contributed by atoms with E-state index < -0.39 is 8.07 Å². The van der Waals surface area contributed by atoms with Gasteiger partial charge >= 0.3 is 6.01 Å². The molecule has 3 aromatic rings. The Morgan fingerprint density at radius 1 is 1.18 bits per heavy atom. The van der Waals surface area contributed by atoms with Gasteiger partial charge in [0.05, 0.1) is 7.11 Å². The van der Waals surface area contributed by atoms with Gasteiger partial charge in [-0.25, -0.2) is 9.37 Å². The van der Waals surface area contributed by atoms with Gasteiger partial charge in [0.25, 0.3) is 0 Å². The molecule has 0 aliphatic rings. The van der Waals surface area contributed by atoms with E-state index >= 15 is 0 Å². The fourth-order valence-electron chi connectivity index (χ4n) is 3.14. The lowest BCUT2D eigenvalue weighted by Crippen LogP contribution is -2.22. The van der Waals surface area contributed by atoms with Crippen molar-refractivity contribution in [3.8, 4) is 28.8 Å². The third-order valence-corrected chi connectivity index (χ3v) is 7.01. The van der Waals surface area contributed by atoms with Gasteiger partial charge in [-0.2, -0.15) is 9.67 Å². The topological polar surface area (TPSA) is 71.3 Å². The molecule has 0 spiro atoms. The molecule has 2 aromatic heterocycles. The van der Waals surface area contributed by atoms with Crippen molar-refractivity contribution in [3.63, 3.8) is 0 Å². The highest BCUT2D eigenvalue weighted by atomic mass is 79.9. The lowest BCUT2D eigenvalue weighted by Gasteiger charge is -2.19. The van der Waals surface area contributed by atoms with E-state index in [-0.39, 0.29) is 24.5 Å². The summed E-state index contributed by atoms with van der Waals surface area (Å²) in [5.74, 6) is 0.582. The van der Waals surface area contributed by atoms with E-state index in [1.165, 1.54) is 19.2 Å². The first-order valence-electron chi connectivity index (χ1n) is 10.8. The van der Waals surface area contributed by atoms with Gasteiger partial charge in [0.15, 0.2) is 0 Å². The van der Waals surface area contributed by atoms with E-state index in [1.54, 1.807) is 23.0 Å². The molecule has 178 valence electrons. The van der Waals surface area contributed by atoms with Crippen LogP contribution in [0.4, 0.5) is 4.39 Å². The van der Waals surface area contributed by atoms with E-state index in [0.29, 0.717) is 34.1 Å². The van der Waals surface area contributed by atoms with E-state index in [2.05, 4.69) is 50.6 Å². The number of pyridine rings is 1. The van der Waals surface area contributed by atoms with Gasteiger partial charge in [0, 0.05) is 38.1 Å². The van der Waals surface area contributed by atoms with E-state index in [9.17, 15) is 4.39 Å². The molecule has 0 bridgehead atoms. The summed E-state index contributed by atoms with van der Waals surface area (Å²) in [4.78, 5) is 8.52. The minimum atomic E-state index is -1.20. The summed E-state index contributed by atoms with van der Waals surface area (Å²) < 4.78 is 33.9. The first-order chi connectivity index (χ1) is 15.6. The van der Waals surface area contributed by atoms with Crippen LogP contribution in [0.3, 0.4) is 0 Å². The summed E-state index contributed by atoms with van der Waals surface area (Å²) in [7, 11) is 0.334. The normalized spacial score (nSPS) is 11.8. The van der Waals surface area contributed by atoms with Crippen molar-refractivity contribution in [2.24, 2.45) is 0 Å². The summed E-state index contributed by atoms with van der Waals surface area (Å²) in [6.07, 6.45) is 1.61. The van der Waals surface area contributed by atoms with Crippen LogP contribution in [0.1, 0.15) is 25.3 Å². The minimum Gasteiger partial charge on any atom is -0.481 e. The van der Waals surface area contributed by atoms with Crippen LogP contribution in [0.25, 0.3) is 11.1 Å². The van der Waals surface area contributed by atoms with Gasteiger partial charge < -0.3 is 14.2 Å². The van der Waals surface area contributed by atoms with Crippen LogP contribution in [0.2, 0.25) is 25.7 Å². The van der Waals surface area contributed by atoms with Crippen molar-refractivity contribution in [2.75, 3.05) is 13.7 Å². The second-order valence-corrected chi connectivity index (χ2v) is 15.6. The Morgan fingerprint density at radius 3 is 2.61 bits per heavy atom. The maximum Gasteiger partial charge on any atom is 0.323 e. The van der Waals surface area contributed by atoms with Crippen LogP contribution in [0.15, 0.2) is 35.2 Å². The van der Waals surface area contributed by atoms with Crippen molar-refractivity contribution >= 4 is 24.0 Å². The Hall–Kier alpha value is -2.30. The quantitative estimate of drug-likeness (QED) is 0.218. The molecule has 0 radical (unpaired) electrons. The summed E-state index contributed by atoms with van der Waals surface area (Å²) in [6.45, 7) is 11.7. The first kappa shape index (κ1) is 25.3. The Labute approximate surface area is 203 Å². The van der Waals surface area contributed by atoms with Gasteiger partial charge in [-0.1, -0.05) is 33.5 Å². The molecule has 10 heteroatoms. The lowest BCUT2D eigenvalue weighted by atomic mass is 9.95. The van der Waals surface area contributed by atoms with Crippen LogP contribution in [0, 0.1) is 5.82 Å². The number of nitrogens with zero attached hydrogens (tertiary/aromatic N) is 4. The number of hydrogen-bond donors (Lipinski definition) is 0. The highest BCUT2D eigenvalue weighted by molar-refractivity contribution is 9.10. The average Bonchev–Trinajstić information content (AvgIpc) is 3.10.